The Morgan fingerprint density at radius 1 is 1.70 bits per heavy atom. The third-order valence-electron chi connectivity index (χ3n) is 1.18. The summed E-state index contributed by atoms with van der Waals surface area (Å²) in [7, 11) is 0. The van der Waals surface area contributed by atoms with E-state index in [0.29, 0.717) is 19.4 Å². The summed E-state index contributed by atoms with van der Waals surface area (Å²) in [6.45, 7) is 2.52. The number of aldehydes is 1. The molecule has 0 rings (SSSR count). The zero-order valence-corrected chi connectivity index (χ0v) is 6.25. The van der Waals surface area contributed by atoms with E-state index in [0.717, 1.165) is 6.29 Å². The molecule has 0 fully saturated rings. The molecule has 3 nitrogen and oxygen atoms in total. The number of aliphatic hydroxyl groups is 1. The Labute approximate surface area is 61.0 Å². The standard InChI is InChI=1S/C7H14O3/c1-2-10-7(6-9)4-3-5-8/h6-8H,2-5H2,1H3. The quantitative estimate of drug-likeness (QED) is 0.550. The summed E-state index contributed by atoms with van der Waals surface area (Å²) >= 11 is 0. The maximum atomic E-state index is 10.2. The van der Waals surface area contributed by atoms with Crippen LogP contribution in [0, 0.1) is 0 Å². The van der Waals surface area contributed by atoms with Crippen LogP contribution < -0.4 is 0 Å². The van der Waals surface area contributed by atoms with Crippen molar-refractivity contribution >= 4 is 6.29 Å². The molecule has 0 heterocycles. The lowest BCUT2D eigenvalue weighted by atomic mass is 10.2. The molecular weight excluding hydrogens is 132 g/mol. The molecule has 0 aliphatic rings. The van der Waals surface area contributed by atoms with E-state index in [4.69, 9.17) is 9.84 Å². The normalized spacial score (nSPS) is 13.0. The van der Waals surface area contributed by atoms with Gasteiger partial charge in [-0.2, -0.15) is 0 Å². The van der Waals surface area contributed by atoms with Crippen LogP contribution in [-0.2, 0) is 9.53 Å². The number of hydrogen-bond acceptors (Lipinski definition) is 3. The van der Waals surface area contributed by atoms with E-state index in [2.05, 4.69) is 0 Å². The van der Waals surface area contributed by atoms with Crippen LogP contribution in [-0.4, -0.2) is 30.7 Å². The second kappa shape index (κ2) is 6.71. The molecule has 3 heteroatoms. The van der Waals surface area contributed by atoms with Gasteiger partial charge in [-0.3, -0.25) is 0 Å². The summed E-state index contributed by atoms with van der Waals surface area (Å²) in [6.07, 6.45) is 1.70. The average Bonchev–Trinajstić information content (AvgIpc) is 1.98. The topological polar surface area (TPSA) is 46.5 Å². The first-order valence-electron chi connectivity index (χ1n) is 3.52. The predicted molar refractivity (Wildman–Crippen MR) is 37.8 cm³/mol. The minimum Gasteiger partial charge on any atom is -0.396 e. The maximum absolute atomic E-state index is 10.2. The zero-order chi connectivity index (χ0) is 7.82. The molecule has 0 aliphatic carbocycles. The van der Waals surface area contributed by atoms with E-state index < -0.39 is 0 Å². The summed E-state index contributed by atoms with van der Waals surface area (Å²) in [5, 5.41) is 8.41. The van der Waals surface area contributed by atoms with E-state index in [1.165, 1.54) is 0 Å². The molecule has 0 radical (unpaired) electrons. The summed E-state index contributed by atoms with van der Waals surface area (Å²) in [4.78, 5) is 10.2. The van der Waals surface area contributed by atoms with Gasteiger partial charge in [0.15, 0.2) is 0 Å². The van der Waals surface area contributed by atoms with Crippen LogP contribution in [0.3, 0.4) is 0 Å². The van der Waals surface area contributed by atoms with Crippen molar-refractivity contribution < 1.29 is 14.6 Å². The van der Waals surface area contributed by atoms with Crippen molar-refractivity contribution in [1.82, 2.24) is 0 Å². The van der Waals surface area contributed by atoms with Gasteiger partial charge in [0.2, 0.25) is 0 Å². The van der Waals surface area contributed by atoms with Gasteiger partial charge in [0.25, 0.3) is 0 Å². The second-order valence-electron chi connectivity index (χ2n) is 2.00. The van der Waals surface area contributed by atoms with Crippen LogP contribution >= 0.6 is 0 Å². The van der Waals surface area contributed by atoms with Crippen molar-refractivity contribution in [2.24, 2.45) is 0 Å². The number of rotatable bonds is 6. The number of hydrogen-bond donors (Lipinski definition) is 1. The first kappa shape index (κ1) is 9.59. The van der Waals surface area contributed by atoms with Gasteiger partial charge in [-0.25, -0.2) is 0 Å². The summed E-state index contributed by atoms with van der Waals surface area (Å²) in [5.74, 6) is 0. The van der Waals surface area contributed by atoms with Crippen molar-refractivity contribution in [3.8, 4) is 0 Å². The third kappa shape index (κ3) is 4.47. The van der Waals surface area contributed by atoms with Crippen molar-refractivity contribution in [1.29, 1.82) is 0 Å². The predicted octanol–water partition coefficient (Wildman–Crippen LogP) is 0.363. The molecule has 0 spiro atoms. The van der Waals surface area contributed by atoms with E-state index in [9.17, 15) is 4.79 Å². The van der Waals surface area contributed by atoms with Gasteiger partial charge in [-0.15, -0.1) is 0 Å². The Kier molecular flexibility index (Phi) is 6.43. The monoisotopic (exact) mass is 146 g/mol. The molecule has 1 unspecified atom stereocenters. The number of carbonyl (C=O) groups excluding carboxylic acids is 1. The van der Waals surface area contributed by atoms with Crippen LogP contribution in [0.2, 0.25) is 0 Å². The van der Waals surface area contributed by atoms with Gasteiger partial charge in [-0.1, -0.05) is 0 Å². The highest BCUT2D eigenvalue weighted by atomic mass is 16.5. The van der Waals surface area contributed by atoms with Crippen LogP contribution in [0.4, 0.5) is 0 Å². The zero-order valence-electron chi connectivity index (χ0n) is 6.25. The Bertz CT molecular complexity index is 82.9. The molecule has 0 aromatic carbocycles. The summed E-state index contributed by atoms with van der Waals surface area (Å²) in [6, 6.07) is 0. The number of aliphatic hydroxyl groups excluding tert-OH is 1. The van der Waals surface area contributed by atoms with Gasteiger partial charge in [0.05, 0.1) is 0 Å². The molecular formula is C7H14O3. The highest BCUT2D eigenvalue weighted by Gasteiger charge is 2.04. The van der Waals surface area contributed by atoms with Crippen LogP contribution in [0.1, 0.15) is 19.8 Å². The molecule has 0 saturated heterocycles. The first-order chi connectivity index (χ1) is 4.85. The van der Waals surface area contributed by atoms with Crippen molar-refractivity contribution in [3.05, 3.63) is 0 Å². The highest BCUT2D eigenvalue weighted by Crippen LogP contribution is 1.97. The van der Waals surface area contributed by atoms with Crippen LogP contribution in [0.5, 0.6) is 0 Å². The van der Waals surface area contributed by atoms with Gasteiger partial charge < -0.3 is 14.6 Å². The minimum absolute atomic E-state index is 0.122. The summed E-state index contributed by atoms with van der Waals surface area (Å²) in [5.41, 5.74) is 0. The SMILES string of the molecule is CCOC(C=O)CCCO. The molecule has 0 aliphatic heterocycles. The van der Waals surface area contributed by atoms with E-state index in [1.54, 1.807) is 0 Å². The number of ether oxygens (including phenoxy) is 1. The summed E-state index contributed by atoms with van der Waals surface area (Å²) < 4.78 is 5.01. The second-order valence-corrected chi connectivity index (χ2v) is 2.00. The van der Waals surface area contributed by atoms with E-state index >= 15 is 0 Å². The lowest BCUT2D eigenvalue weighted by Gasteiger charge is -2.07. The van der Waals surface area contributed by atoms with Crippen molar-refractivity contribution in [3.63, 3.8) is 0 Å². The fourth-order valence-electron chi connectivity index (χ4n) is 0.697. The van der Waals surface area contributed by atoms with Gasteiger partial charge in [0, 0.05) is 13.2 Å². The molecule has 1 atom stereocenters. The molecule has 0 amide bonds. The largest absolute Gasteiger partial charge is 0.396 e. The molecule has 0 aromatic rings. The lowest BCUT2D eigenvalue weighted by Crippen LogP contribution is -2.14. The molecule has 10 heavy (non-hydrogen) atoms. The lowest BCUT2D eigenvalue weighted by molar-refractivity contribution is -0.118. The Morgan fingerprint density at radius 3 is 2.80 bits per heavy atom. The van der Waals surface area contributed by atoms with Crippen molar-refractivity contribution in [2.75, 3.05) is 13.2 Å². The minimum atomic E-state index is -0.322. The molecule has 1 N–H and O–H groups in total. The molecule has 0 aromatic heterocycles. The van der Waals surface area contributed by atoms with E-state index in [1.807, 2.05) is 6.92 Å². The fraction of sp³-hybridized carbons (Fsp3) is 0.857. The van der Waals surface area contributed by atoms with Gasteiger partial charge in [0.1, 0.15) is 12.4 Å². The first-order valence-corrected chi connectivity index (χ1v) is 3.52. The van der Waals surface area contributed by atoms with Gasteiger partial charge in [-0.05, 0) is 19.8 Å². The molecule has 0 saturated carbocycles. The Balaban J connectivity index is 3.29. The highest BCUT2D eigenvalue weighted by molar-refractivity contribution is 5.55. The smallest absolute Gasteiger partial charge is 0.148 e. The van der Waals surface area contributed by atoms with E-state index in [-0.39, 0.29) is 12.7 Å². The third-order valence-corrected chi connectivity index (χ3v) is 1.18. The molecule has 0 bridgehead atoms. The fourth-order valence-corrected chi connectivity index (χ4v) is 0.697. The maximum Gasteiger partial charge on any atom is 0.148 e. The average molecular weight is 146 g/mol. The Hall–Kier alpha value is -0.410. The number of carbonyl (C=O) groups is 1. The van der Waals surface area contributed by atoms with Crippen LogP contribution in [0.15, 0.2) is 0 Å². The van der Waals surface area contributed by atoms with Crippen molar-refractivity contribution in [2.45, 2.75) is 25.9 Å². The Morgan fingerprint density at radius 2 is 2.40 bits per heavy atom. The van der Waals surface area contributed by atoms with Gasteiger partial charge >= 0.3 is 0 Å². The van der Waals surface area contributed by atoms with Crippen LogP contribution in [0.25, 0.3) is 0 Å². The molecule has 60 valence electrons.